The van der Waals surface area contributed by atoms with Crippen molar-refractivity contribution in [3.63, 3.8) is 0 Å². The summed E-state index contributed by atoms with van der Waals surface area (Å²) >= 11 is 0. The van der Waals surface area contributed by atoms with Crippen LogP contribution < -0.4 is 16.1 Å². The van der Waals surface area contributed by atoms with Gasteiger partial charge < -0.3 is 4.84 Å². The molecule has 1 unspecified atom stereocenters. The van der Waals surface area contributed by atoms with E-state index in [0.717, 1.165) is 4.90 Å². The summed E-state index contributed by atoms with van der Waals surface area (Å²) in [5, 5.41) is 2.12. The van der Waals surface area contributed by atoms with Crippen molar-refractivity contribution in [2.45, 2.75) is 18.9 Å². The predicted octanol–water partition coefficient (Wildman–Crippen LogP) is -0.660. The van der Waals surface area contributed by atoms with Crippen LogP contribution in [0.4, 0.5) is 0 Å². The SMILES string of the molecule is NOc1cccc2c1C(=O)N(C1CCC(=O)NC1=O)C2=O. The first-order valence-corrected chi connectivity index (χ1v) is 6.26. The number of carbonyl (C=O) groups excluding carboxylic acids is 4. The standard InChI is InChI=1S/C13H11N3O5/c14-21-8-3-1-2-6-10(8)13(20)16(12(6)19)7-4-5-9(17)15-11(7)18/h1-3,7H,4-5,14H2,(H,15,17,18). The third-order valence-electron chi connectivity index (χ3n) is 3.56. The number of imide groups is 2. The number of fused-ring (bicyclic) bond motifs is 1. The summed E-state index contributed by atoms with van der Waals surface area (Å²) in [5.74, 6) is 2.85. The van der Waals surface area contributed by atoms with Crippen molar-refractivity contribution in [2.24, 2.45) is 5.90 Å². The largest absolute Gasteiger partial charge is 0.411 e. The molecule has 0 aromatic heterocycles. The molecule has 1 fully saturated rings. The summed E-state index contributed by atoms with van der Waals surface area (Å²) in [5.41, 5.74) is 0.169. The smallest absolute Gasteiger partial charge is 0.266 e. The van der Waals surface area contributed by atoms with Crippen molar-refractivity contribution in [2.75, 3.05) is 0 Å². The first kappa shape index (κ1) is 13.3. The van der Waals surface area contributed by atoms with Gasteiger partial charge in [0.15, 0.2) is 5.75 Å². The first-order valence-electron chi connectivity index (χ1n) is 6.26. The van der Waals surface area contributed by atoms with Crippen LogP contribution in [0.3, 0.4) is 0 Å². The van der Waals surface area contributed by atoms with E-state index < -0.39 is 29.7 Å². The van der Waals surface area contributed by atoms with Gasteiger partial charge in [-0.25, -0.2) is 0 Å². The Morgan fingerprint density at radius 1 is 1.19 bits per heavy atom. The Morgan fingerprint density at radius 3 is 2.62 bits per heavy atom. The molecule has 2 aliphatic rings. The van der Waals surface area contributed by atoms with Crippen LogP contribution >= 0.6 is 0 Å². The second kappa shape index (κ2) is 4.67. The average molecular weight is 289 g/mol. The lowest BCUT2D eigenvalue weighted by Gasteiger charge is -2.27. The van der Waals surface area contributed by atoms with E-state index in [1.54, 1.807) is 0 Å². The average Bonchev–Trinajstić information content (AvgIpc) is 2.72. The van der Waals surface area contributed by atoms with E-state index in [1.165, 1.54) is 18.2 Å². The molecule has 2 aliphatic heterocycles. The van der Waals surface area contributed by atoms with Gasteiger partial charge in [0.2, 0.25) is 11.8 Å². The van der Waals surface area contributed by atoms with E-state index in [2.05, 4.69) is 10.2 Å². The minimum absolute atomic E-state index is 0.0368. The summed E-state index contributed by atoms with van der Waals surface area (Å²) in [6, 6.07) is 3.45. The van der Waals surface area contributed by atoms with Gasteiger partial charge in [0.25, 0.3) is 11.8 Å². The Balaban J connectivity index is 2.00. The lowest BCUT2D eigenvalue weighted by atomic mass is 10.0. The number of hydrogen-bond donors (Lipinski definition) is 2. The lowest BCUT2D eigenvalue weighted by Crippen LogP contribution is -2.54. The van der Waals surface area contributed by atoms with Crippen LogP contribution in [0.1, 0.15) is 33.6 Å². The predicted molar refractivity (Wildman–Crippen MR) is 67.9 cm³/mol. The van der Waals surface area contributed by atoms with Crippen LogP contribution in [0.5, 0.6) is 5.75 Å². The Morgan fingerprint density at radius 2 is 1.95 bits per heavy atom. The van der Waals surface area contributed by atoms with Gasteiger partial charge in [0, 0.05) is 6.42 Å². The van der Waals surface area contributed by atoms with Gasteiger partial charge in [-0.05, 0) is 18.6 Å². The molecule has 0 saturated carbocycles. The lowest BCUT2D eigenvalue weighted by molar-refractivity contribution is -0.136. The molecule has 0 radical (unpaired) electrons. The van der Waals surface area contributed by atoms with E-state index in [0.29, 0.717) is 0 Å². The molecule has 108 valence electrons. The highest BCUT2D eigenvalue weighted by Crippen LogP contribution is 2.32. The third kappa shape index (κ3) is 1.88. The zero-order valence-corrected chi connectivity index (χ0v) is 10.8. The Labute approximate surface area is 118 Å². The van der Waals surface area contributed by atoms with Crippen molar-refractivity contribution < 1.29 is 24.0 Å². The molecule has 1 atom stereocenters. The van der Waals surface area contributed by atoms with Gasteiger partial charge in [-0.1, -0.05) is 6.07 Å². The van der Waals surface area contributed by atoms with Gasteiger partial charge in [0.1, 0.15) is 6.04 Å². The molecule has 0 aliphatic carbocycles. The normalized spacial score (nSPS) is 21.4. The quantitative estimate of drug-likeness (QED) is 0.551. The number of amides is 4. The van der Waals surface area contributed by atoms with Gasteiger partial charge in [-0.2, -0.15) is 5.90 Å². The minimum atomic E-state index is -0.999. The van der Waals surface area contributed by atoms with Crippen molar-refractivity contribution >= 4 is 23.6 Å². The van der Waals surface area contributed by atoms with Crippen molar-refractivity contribution in [3.8, 4) is 5.75 Å². The summed E-state index contributed by atoms with van der Waals surface area (Å²) in [6.07, 6.45) is 0.180. The highest BCUT2D eigenvalue weighted by molar-refractivity contribution is 6.24. The summed E-state index contributed by atoms with van der Waals surface area (Å²) in [6.45, 7) is 0. The molecule has 0 spiro atoms. The van der Waals surface area contributed by atoms with Crippen molar-refractivity contribution in [1.29, 1.82) is 0 Å². The molecule has 4 amide bonds. The second-order valence-corrected chi connectivity index (χ2v) is 4.74. The van der Waals surface area contributed by atoms with Crippen LogP contribution in [0, 0.1) is 0 Å². The molecule has 1 aromatic rings. The fraction of sp³-hybridized carbons (Fsp3) is 0.231. The van der Waals surface area contributed by atoms with E-state index in [9.17, 15) is 19.2 Å². The molecule has 1 saturated heterocycles. The Kier molecular flexibility index (Phi) is 2.95. The van der Waals surface area contributed by atoms with E-state index in [1.807, 2.05) is 0 Å². The van der Waals surface area contributed by atoms with E-state index >= 15 is 0 Å². The zero-order chi connectivity index (χ0) is 15.1. The maximum atomic E-state index is 12.4. The number of piperidine rings is 1. The molecule has 1 aromatic carbocycles. The summed E-state index contributed by atoms with van der Waals surface area (Å²) in [7, 11) is 0. The number of hydrogen-bond acceptors (Lipinski definition) is 6. The van der Waals surface area contributed by atoms with Gasteiger partial charge in [-0.15, -0.1) is 0 Å². The number of nitrogens with one attached hydrogen (secondary N) is 1. The monoisotopic (exact) mass is 289 g/mol. The summed E-state index contributed by atoms with van der Waals surface area (Å²) < 4.78 is 0. The molecule has 0 bridgehead atoms. The summed E-state index contributed by atoms with van der Waals surface area (Å²) in [4.78, 5) is 53.2. The maximum absolute atomic E-state index is 12.4. The van der Waals surface area contributed by atoms with Gasteiger partial charge in [-0.3, -0.25) is 29.4 Å². The van der Waals surface area contributed by atoms with Crippen LogP contribution in [0.2, 0.25) is 0 Å². The van der Waals surface area contributed by atoms with Gasteiger partial charge in [0.05, 0.1) is 11.1 Å². The Hall–Kier alpha value is -2.74. The zero-order valence-electron chi connectivity index (χ0n) is 10.8. The number of carbonyl (C=O) groups is 4. The molecule has 3 rings (SSSR count). The highest BCUT2D eigenvalue weighted by atomic mass is 16.6. The van der Waals surface area contributed by atoms with Crippen LogP contribution in [-0.2, 0) is 9.59 Å². The molecule has 8 nitrogen and oxygen atoms in total. The minimum Gasteiger partial charge on any atom is -0.411 e. The van der Waals surface area contributed by atoms with Crippen LogP contribution in [0.25, 0.3) is 0 Å². The first-order chi connectivity index (χ1) is 10.0. The molecule has 21 heavy (non-hydrogen) atoms. The molecule has 2 heterocycles. The number of rotatable bonds is 2. The Bertz CT molecular complexity index is 684. The number of nitrogens with zero attached hydrogens (tertiary/aromatic N) is 1. The maximum Gasteiger partial charge on any atom is 0.266 e. The van der Waals surface area contributed by atoms with E-state index in [-0.39, 0.29) is 29.7 Å². The topological polar surface area (TPSA) is 119 Å². The number of nitrogens with two attached hydrogens (primary N) is 1. The van der Waals surface area contributed by atoms with Crippen LogP contribution in [-0.4, -0.2) is 34.6 Å². The fourth-order valence-electron chi connectivity index (χ4n) is 2.58. The van der Waals surface area contributed by atoms with Crippen molar-refractivity contribution in [3.05, 3.63) is 29.3 Å². The molecule has 3 N–H and O–H groups in total. The molecule has 8 heteroatoms. The fourth-order valence-corrected chi connectivity index (χ4v) is 2.58. The third-order valence-corrected chi connectivity index (χ3v) is 3.56. The van der Waals surface area contributed by atoms with Gasteiger partial charge >= 0.3 is 0 Å². The van der Waals surface area contributed by atoms with Crippen LogP contribution in [0.15, 0.2) is 18.2 Å². The molecular weight excluding hydrogens is 278 g/mol. The van der Waals surface area contributed by atoms with E-state index in [4.69, 9.17) is 5.90 Å². The second-order valence-electron chi connectivity index (χ2n) is 4.74. The number of benzene rings is 1. The molecular formula is C13H11N3O5. The highest BCUT2D eigenvalue weighted by Gasteiger charge is 2.45. The van der Waals surface area contributed by atoms with Crippen molar-refractivity contribution in [1.82, 2.24) is 10.2 Å².